The second-order valence-electron chi connectivity index (χ2n) is 5.11. The lowest BCUT2D eigenvalue weighted by Crippen LogP contribution is -2.30. The number of ketones is 1. The van der Waals surface area contributed by atoms with Crippen molar-refractivity contribution in [1.82, 2.24) is 0 Å². The van der Waals surface area contributed by atoms with Crippen molar-refractivity contribution < 1.29 is 34.7 Å². The molecule has 23 heavy (non-hydrogen) atoms. The first-order valence-corrected chi connectivity index (χ1v) is 6.73. The minimum Gasteiger partial charge on any atom is -0.508 e. The van der Waals surface area contributed by atoms with Gasteiger partial charge in [0.05, 0.1) is 12.7 Å². The van der Waals surface area contributed by atoms with Crippen LogP contribution in [0.3, 0.4) is 0 Å². The van der Waals surface area contributed by atoms with E-state index in [0.717, 1.165) is 6.07 Å². The maximum atomic E-state index is 12.3. The first-order valence-electron chi connectivity index (χ1n) is 6.73. The Hall–Kier alpha value is -2.93. The summed E-state index contributed by atoms with van der Waals surface area (Å²) >= 11 is 0. The van der Waals surface area contributed by atoms with Gasteiger partial charge in [0.25, 0.3) is 0 Å². The number of benzene rings is 2. The lowest BCUT2D eigenvalue weighted by Gasteiger charge is -2.29. The molecule has 7 heteroatoms. The molecule has 0 bridgehead atoms. The summed E-state index contributed by atoms with van der Waals surface area (Å²) in [5, 5.41) is 39.3. The van der Waals surface area contributed by atoms with Crippen molar-refractivity contribution >= 4 is 5.78 Å². The third-order valence-electron chi connectivity index (χ3n) is 3.66. The summed E-state index contributed by atoms with van der Waals surface area (Å²) in [5.41, 5.74) is 0.211. The number of hydrogen-bond donors (Lipinski definition) is 4. The average Bonchev–Trinajstić information content (AvgIpc) is 2.50. The third-order valence-corrected chi connectivity index (χ3v) is 3.66. The largest absolute Gasteiger partial charge is 0.508 e. The maximum absolute atomic E-state index is 12.3. The first kappa shape index (κ1) is 15.0. The smallest absolute Gasteiger partial charge is 0.211 e. The molecular formula is C16H14O7. The number of carbonyl (C=O) groups excluding carboxylic acids is 1. The molecule has 0 aliphatic carbocycles. The molecule has 2 aromatic carbocycles. The predicted molar refractivity (Wildman–Crippen MR) is 77.8 cm³/mol. The van der Waals surface area contributed by atoms with Crippen LogP contribution in [0.5, 0.6) is 28.7 Å². The van der Waals surface area contributed by atoms with Gasteiger partial charge in [0.2, 0.25) is 5.78 Å². The number of aromatic hydroxyl groups is 3. The fraction of sp³-hybridized carbons (Fsp3) is 0.188. The Labute approximate surface area is 131 Å². The number of rotatable bonds is 2. The fourth-order valence-electron chi connectivity index (χ4n) is 2.54. The van der Waals surface area contributed by atoms with Crippen LogP contribution in [0, 0.1) is 0 Å². The number of phenols is 3. The van der Waals surface area contributed by atoms with Crippen molar-refractivity contribution in [3.8, 4) is 28.7 Å². The SMILES string of the molecule is COc1ccc(C2Oc3cc(O)cc(O)c3C(O)C2=O)cc1O. The van der Waals surface area contributed by atoms with Gasteiger partial charge in [-0.2, -0.15) is 0 Å². The van der Waals surface area contributed by atoms with Crippen molar-refractivity contribution in [2.75, 3.05) is 7.11 Å². The van der Waals surface area contributed by atoms with Gasteiger partial charge in [0.15, 0.2) is 17.6 Å². The van der Waals surface area contributed by atoms with Crippen LogP contribution in [0.1, 0.15) is 23.3 Å². The predicted octanol–water partition coefficient (Wildman–Crippen LogP) is 1.55. The van der Waals surface area contributed by atoms with E-state index in [1.165, 1.54) is 31.4 Å². The molecule has 2 unspecified atom stereocenters. The number of aliphatic hydroxyl groups excluding tert-OH is 1. The highest BCUT2D eigenvalue weighted by molar-refractivity contribution is 5.92. The van der Waals surface area contributed by atoms with E-state index in [1.54, 1.807) is 0 Å². The molecule has 0 spiro atoms. The summed E-state index contributed by atoms with van der Waals surface area (Å²) in [6.45, 7) is 0. The summed E-state index contributed by atoms with van der Waals surface area (Å²) in [6.07, 6.45) is -2.79. The molecule has 0 aromatic heterocycles. The van der Waals surface area contributed by atoms with Crippen LogP contribution in [-0.4, -0.2) is 33.3 Å². The standard InChI is InChI=1S/C16H14O7/c1-22-11-3-2-7(4-9(11)18)16-15(21)14(20)13-10(19)5-8(17)6-12(13)23-16/h2-6,14,16-20H,1H3. The van der Waals surface area contributed by atoms with Crippen molar-refractivity contribution in [1.29, 1.82) is 0 Å². The lowest BCUT2D eigenvalue weighted by atomic mass is 9.93. The number of phenolic OH excluding ortho intramolecular Hbond substituents is 3. The zero-order valence-corrected chi connectivity index (χ0v) is 12.1. The summed E-state index contributed by atoms with van der Waals surface area (Å²) in [6, 6.07) is 6.48. The molecule has 0 amide bonds. The minimum atomic E-state index is -1.60. The number of aliphatic hydroxyl groups is 1. The molecule has 0 saturated heterocycles. The molecule has 0 saturated carbocycles. The minimum absolute atomic E-state index is 0.00471. The highest BCUT2D eigenvalue weighted by atomic mass is 16.5. The first-order chi connectivity index (χ1) is 10.9. The maximum Gasteiger partial charge on any atom is 0.211 e. The van der Waals surface area contributed by atoms with Crippen molar-refractivity contribution in [2.45, 2.75) is 12.2 Å². The van der Waals surface area contributed by atoms with Crippen LogP contribution in [0.4, 0.5) is 0 Å². The Morgan fingerprint density at radius 2 is 1.83 bits per heavy atom. The van der Waals surface area contributed by atoms with Gasteiger partial charge in [0.1, 0.15) is 23.4 Å². The lowest BCUT2D eigenvalue weighted by molar-refractivity contribution is -0.137. The summed E-state index contributed by atoms with van der Waals surface area (Å²) in [4.78, 5) is 12.3. The van der Waals surface area contributed by atoms with Crippen molar-refractivity contribution in [2.24, 2.45) is 0 Å². The normalized spacial score (nSPS) is 19.8. The monoisotopic (exact) mass is 318 g/mol. The Bertz CT molecular complexity index is 784. The highest BCUT2D eigenvalue weighted by Crippen LogP contribution is 2.45. The molecule has 2 atom stereocenters. The number of hydrogen-bond acceptors (Lipinski definition) is 7. The Morgan fingerprint density at radius 1 is 1.09 bits per heavy atom. The van der Waals surface area contributed by atoms with Crippen LogP contribution < -0.4 is 9.47 Å². The Morgan fingerprint density at radius 3 is 2.48 bits per heavy atom. The van der Waals surface area contributed by atoms with Gasteiger partial charge in [-0.25, -0.2) is 0 Å². The zero-order valence-electron chi connectivity index (χ0n) is 12.1. The highest BCUT2D eigenvalue weighted by Gasteiger charge is 2.39. The van der Waals surface area contributed by atoms with Crippen molar-refractivity contribution in [3.63, 3.8) is 0 Å². The molecular weight excluding hydrogens is 304 g/mol. The van der Waals surface area contributed by atoms with E-state index in [-0.39, 0.29) is 28.6 Å². The van der Waals surface area contributed by atoms with E-state index < -0.39 is 23.7 Å². The van der Waals surface area contributed by atoms with Crippen molar-refractivity contribution in [3.05, 3.63) is 41.5 Å². The van der Waals surface area contributed by atoms with Gasteiger partial charge in [-0.15, -0.1) is 0 Å². The van der Waals surface area contributed by atoms with E-state index >= 15 is 0 Å². The fourth-order valence-corrected chi connectivity index (χ4v) is 2.54. The van der Waals surface area contributed by atoms with Gasteiger partial charge in [-0.1, -0.05) is 6.07 Å². The van der Waals surface area contributed by atoms with Gasteiger partial charge in [-0.3, -0.25) is 4.79 Å². The molecule has 2 aromatic rings. The molecule has 0 radical (unpaired) electrons. The Balaban J connectivity index is 2.05. The van der Waals surface area contributed by atoms with E-state index in [1.807, 2.05) is 0 Å². The molecule has 1 aliphatic rings. The number of ether oxygens (including phenoxy) is 2. The third kappa shape index (κ3) is 2.40. The number of carbonyl (C=O) groups is 1. The molecule has 1 heterocycles. The van der Waals surface area contributed by atoms with Crippen LogP contribution in [0.15, 0.2) is 30.3 Å². The van der Waals surface area contributed by atoms with Crippen LogP contribution in [0.25, 0.3) is 0 Å². The topological polar surface area (TPSA) is 116 Å². The van der Waals surface area contributed by atoms with E-state index in [0.29, 0.717) is 5.56 Å². The summed E-state index contributed by atoms with van der Waals surface area (Å²) in [7, 11) is 1.39. The molecule has 120 valence electrons. The zero-order chi connectivity index (χ0) is 16.7. The molecule has 1 aliphatic heterocycles. The second kappa shape index (κ2) is 5.36. The van der Waals surface area contributed by atoms with Gasteiger partial charge < -0.3 is 29.9 Å². The van der Waals surface area contributed by atoms with E-state index in [4.69, 9.17) is 9.47 Å². The number of fused-ring (bicyclic) bond motifs is 1. The second-order valence-corrected chi connectivity index (χ2v) is 5.11. The van der Waals surface area contributed by atoms with Crippen LogP contribution >= 0.6 is 0 Å². The summed E-state index contributed by atoms with van der Waals surface area (Å²) in [5.74, 6) is -1.34. The van der Waals surface area contributed by atoms with Gasteiger partial charge >= 0.3 is 0 Å². The van der Waals surface area contributed by atoms with Crippen LogP contribution in [-0.2, 0) is 4.79 Å². The average molecular weight is 318 g/mol. The number of methoxy groups -OCH3 is 1. The van der Waals surface area contributed by atoms with E-state index in [2.05, 4.69) is 0 Å². The van der Waals surface area contributed by atoms with E-state index in [9.17, 15) is 25.2 Å². The van der Waals surface area contributed by atoms with Gasteiger partial charge in [0, 0.05) is 17.7 Å². The number of Topliss-reactive ketones (excluding diaryl/α,β-unsaturated/α-hetero) is 1. The molecule has 4 N–H and O–H groups in total. The van der Waals surface area contributed by atoms with Crippen LogP contribution in [0.2, 0.25) is 0 Å². The summed E-state index contributed by atoms with van der Waals surface area (Å²) < 4.78 is 10.4. The quantitative estimate of drug-likeness (QED) is 0.663. The van der Waals surface area contributed by atoms with Gasteiger partial charge in [-0.05, 0) is 12.1 Å². The molecule has 3 rings (SSSR count). The Kier molecular flexibility index (Phi) is 3.49. The molecule has 0 fully saturated rings. The molecule has 7 nitrogen and oxygen atoms in total.